The van der Waals surface area contributed by atoms with Gasteiger partial charge in [-0.15, -0.1) is 0 Å². The first-order chi connectivity index (χ1) is 11.4. The molecule has 0 unspecified atom stereocenters. The van der Waals surface area contributed by atoms with Gasteiger partial charge in [-0.05, 0) is 43.7 Å². The molecule has 2 amide bonds. The second kappa shape index (κ2) is 8.18. The first-order valence-corrected chi connectivity index (χ1v) is 8.21. The number of halogens is 2. The van der Waals surface area contributed by atoms with Crippen LogP contribution in [0, 0.1) is 6.92 Å². The topological polar surface area (TPSA) is 58.2 Å². The summed E-state index contributed by atoms with van der Waals surface area (Å²) >= 11 is 11.9. The average Bonchev–Trinajstić information content (AvgIpc) is 2.53. The number of carbonyl (C=O) groups excluding carboxylic acids is 2. The van der Waals surface area contributed by atoms with Crippen molar-refractivity contribution in [1.82, 2.24) is 10.6 Å². The quantitative estimate of drug-likeness (QED) is 0.848. The zero-order valence-electron chi connectivity index (χ0n) is 13.4. The lowest BCUT2D eigenvalue weighted by Gasteiger charge is -2.15. The van der Waals surface area contributed by atoms with Crippen LogP contribution < -0.4 is 10.6 Å². The molecule has 1 atom stereocenters. The lowest BCUT2D eigenvalue weighted by molar-refractivity contribution is -0.122. The Labute approximate surface area is 151 Å². The van der Waals surface area contributed by atoms with Gasteiger partial charge in [0.1, 0.15) is 6.04 Å². The molecule has 0 spiro atoms. The van der Waals surface area contributed by atoms with Gasteiger partial charge in [-0.1, -0.05) is 47.0 Å². The fourth-order valence-electron chi connectivity index (χ4n) is 2.13. The fourth-order valence-corrected chi connectivity index (χ4v) is 2.61. The third-order valence-corrected chi connectivity index (χ3v) is 4.08. The van der Waals surface area contributed by atoms with E-state index < -0.39 is 6.04 Å². The highest BCUT2D eigenvalue weighted by Gasteiger charge is 2.16. The molecule has 0 saturated carbocycles. The third-order valence-electron chi connectivity index (χ3n) is 3.49. The Kier molecular flexibility index (Phi) is 6.23. The van der Waals surface area contributed by atoms with Crippen molar-refractivity contribution >= 4 is 35.0 Å². The van der Waals surface area contributed by atoms with Gasteiger partial charge in [0.25, 0.3) is 5.91 Å². The van der Waals surface area contributed by atoms with Crippen LogP contribution in [0.3, 0.4) is 0 Å². The predicted octanol–water partition coefficient (Wildman–Crippen LogP) is 3.74. The summed E-state index contributed by atoms with van der Waals surface area (Å²) in [7, 11) is 0. The maximum absolute atomic E-state index is 12.2. The smallest absolute Gasteiger partial charge is 0.251 e. The first-order valence-electron chi connectivity index (χ1n) is 7.46. The van der Waals surface area contributed by atoms with E-state index >= 15 is 0 Å². The van der Waals surface area contributed by atoms with E-state index in [-0.39, 0.29) is 18.4 Å². The van der Waals surface area contributed by atoms with Crippen molar-refractivity contribution in [2.24, 2.45) is 0 Å². The van der Waals surface area contributed by atoms with Crippen molar-refractivity contribution < 1.29 is 9.59 Å². The molecule has 2 N–H and O–H groups in total. The highest BCUT2D eigenvalue weighted by atomic mass is 35.5. The molecule has 0 aromatic heterocycles. The Balaban J connectivity index is 1.91. The molecule has 0 aliphatic carbocycles. The highest BCUT2D eigenvalue weighted by Crippen LogP contribution is 2.20. The lowest BCUT2D eigenvalue weighted by atomic mass is 10.1. The van der Waals surface area contributed by atoms with Gasteiger partial charge in [0.2, 0.25) is 5.91 Å². The van der Waals surface area contributed by atoms with Gasteiger partial charge < -0.3 is 10.6 Å². The predicted molar refractivity (Wildman–Crippen MR) is 96.4 cm³/mol. The van der Waals surface area contributed by atoms with Crippen molar-refractivity contribution in [2.75, 3.05) is 0 Å². The molecular formula is C18H18Cl2N2O2. The molecule has 0 aliphatic rings. The monoisotopic (exact) mass is 364 g/mol. The van der Waals surface area contributed by atoms with Crippen molar-refractivity contribution in [3.63, 3.8) is 0 Å². The Morgan fingerprint density at radius 1 is 1.12 bits per heavy atom. The molecule has 0 fully saturated rings. The Morgan fingerprint density at radius 3 is 2.54 bits per heavy atom. The maximum Gasteiger partial charge on any atom is 0.251 e. The van der Waals surface area contributed by atoms with Crippen LogP contribution >= 0.6 is 23.2 Å². The Bertz CT molecular complexity index is 762. The summed E-state index contributed by atoms with van der Waals surface area (Å²) in [6, 6.07) is 11.6. The molecule has 0 bridgehead atoms. The van der Waals surface area contributed by atoms with E-state index in [2.05, 4.69) is 10.6 Å². The van der Waals surface area contributed by atoms with Crippen molar-refractivity contribution in [2.45, 2.75) is 26.4 Å². The molecule has 0 heterocycles. The Hall–Kier alpha value is -2.04. The van der Waals surface area contributed by atoms with Crippen LogP contribution in [0.15, 0.2) is 42.5 Å². The summed E-state index contributed by atoms with van der Waals surface area (Å²) in [5, 5.41) is 6.45. The van der Waals surface area contributed by atoms with E-state index in [4.69, 9.17) is 23.2 Å². The largest absolute Gasteiger partial charge is 0.350 e. The van der Waals surface area contributed by atoms with E-state index in [1.165, 1.54) is 0 Å². The fraction of sp³-hybridized carbons (Fsp3) is 0.222. The van der Waals surface area contributed by atoms with Gasteiger partial charge in [0.05, 0.1) is 0 Å². The molecule has 24 heavy (non-hydrogen) atoms. The van der Waals surface area contributed by atoms with E-state index in [1.807, 2.05) is 13.0 Å². The SMILES string of the molecule is Cc1cccc(C(=O)N[C@@H](C)C(=O)NCc2ccc(Cl)cc2Cl)c1. The van der Waals surface area contributed by atoms with E-state index in [9.17, 15) is 9.59 Å². The first kappa shape index (κ1) is 18.3. The summed E-state index contributed by atoms with van der Waals surface area (Å²) in [6.45, 7) is 3.80. The van der Waals surface area contributed by atoms with Crippen LogP contribution in [-0.4, -0.2) is 17.9 Å². The molecular weight excluding hydrogens is 347 g/mol. The molecule has 0 saturated heterocycles. The van der Waals surface area contributed by atoms with Crippen LogP contribution in [0.5, 0.6) is 0 Å². The minimum atomic E-state index is -0.663. The van der Waals surface area contributed by atoms with E-state index in [1.54, 1.807) is 43.3 Å². The van der Waals surface area contributed by atoms with Gasteiger partial charge in [-0.25, -0.2) is 0 Å². The molecule has 2 aromatic rings. The zero-order valence-corrected chi connectivity index (χ0v) is 14.9. The van der Waals surface area contributed by atoms with Crippen molar-refractivity contribution in [1.29, 1.82) is 0 Å². The summed E-state index contributed by atoms with van der Waals surface area (Å²) in [6.07, 6.45) is 0. The minimum absolute atomic E-state index is 0.263. The lowest BCUT2D eigenvalue weighted by Crippen LogP contribution is -2.44. The number of aryl methyl sites for hydroxylation is 1. The molecule has 2 aromatic carbocycles. The summed E-state index contributed by atoms with van der Waals surface area (Å²) in [4.78, 5) is 24.3. The highest BCUT2D eigenvalue weighted by molar-refractivity contribution is 6.35. The number of carbonyl (C=O) groups is 2. The molecule has 126 valence electrons. The molecule has 2 rings (SSSR count). The van der Waals surface area contributed by atoms with E-state index in [0.717, 1.165) is 11.1 Å². The molecule has 0 aliphatic heterocycles. The van der Waals surface area contributed by atoms with Crippen molar-refractivity contribution in [3.8, 4) is 0 Å². The number of hydrogen-bond acceptors (Lipinski definition) is 2. The van der Waals surface area contributed by atoms with Crippen molar-refractivity contribution in [3.05, 3.63) is 69.2 Å². The number of rotatable bonds is 5. The van der Waals surface area contributed by atoms with Crippen LogP contribution in [0.25, 0.3) is 0 Å². The second-order valence-corrected chi connectivity index (χ2v) is 6.36. The third kappa shape index (κ3) is 4.98. The van der Waals surface area contributed by atoms with Gasteiger partial charge >= 0.3 is 0 Å². The number of benzene rings is 2. The zero-order chi connectivity index (χ0) is 17.7. The second-order valence-electron chi connectivity index (χ2n) is 5.52. The standard InChI is InChI=1S/C18H18Cl2N2O2/c1-11-4-3-5-13(8-11)18(24)22-12(2)17(23)21-10-14-6-7-15(19)9-16(14)20/h3-9,12H,10H2,1-2H3,(H,21,23)(H,22,24)/t12-/m0/s1. The van der Waals surface area contributed by atoms with Crippen LogP contribution in [0.2, 0.25) is 10.0 Å². The molecule has 0 radical (unpaired) electrons. The normalized spacial score (nSPS) is 11.7. The Morgan fingerprint density at radius 2 is 1.88 bits per heavy atom. The van der Waals surface area contributed by atoms with Crippen LogP contribution in [-0.2, 0) is 11.3 Å². The number of amides is 2. The van der Waals surface area contributed by atoms with Gasteiger partial charge in [0, 0.05) is 22.2 Å². The van der Waals surface area contributed by atoms with Gasteiger partial charge in [-0.2, -0.15) is 0 Å². The van der Waals surface area contributed by atoms with Crippen LogP contribution in [0.1, 0.15) is 28.4 Å². The molecule has 6 heteroatoms. The summed E-state index contributed by atoms with van der Waals surface area (Å²) < 4.78 is 0. The van der Waals surface area contributed by atoms with Crippen LogP contribution in [0.4, 0.5) is 0 Å². The minimum Gasteiger partial charge on any atom is -0.350 e. The molecule has 4 nitrogen and oxygen atoms in total. The summed E-state index contributed by atoms with van der Waals surface area (Å²) in [5.74, 6) is -0.576. The maximum atomic E-state index is 12.2. The van der Waals surface area contributed by atoms with Gasteiger partial charge in [-0.3, -0.25) is 9.59 Å². The number of nitrogens with one attached hydrogen (secondary N) is 2. The van der Waals surface area contributed by atoms with E-state index in [0.29, 0.717) is 15.6 Å². The average molecular weight is 365 g/mol. The summed E-state index contributed by atoms with van der Waals surface area (Å²) in [5.41, 5.74) is 2.26. The van der Waals surface area contributed by atoms with Gasteiger partial charge in [0.15, 0.2) is 0 Å². The number of hydrogen-bond donors (Lipinski definition) is 2.